The Hall–Kier alpha value is -3.35. The Morgan fingerprint density at radius 1 is 1.05 bits per heavy atom. The van der Waals surface area contributed by atoms with Crippen LogP contribution in [-0.2, 0) is 20.7 Å². The first-order chi connectivity index (χ1) is 18.0. The number of hydrogen-bond acceptors (Lipinski definition) is 4. The van der Waals surface area contributed by atoms with Gasteiger partial charge in [-0.1, -0.05) is 67.4 Å². The van der Waals surface area contributed by atoms with Crippen LogP contribution >= 0.6 is 0 Å². The smallest absolute Gasteiger partial charge is 0.408 e. The monoisotopic (exact) mass is 521 g/mol. The molecule has 206 valence electrons. The molecule has 2 unspecified atom stereocenters. The number of nitrogens with zero attached hydrogens (tertiary/aromatic N) is 1. The van der Waals surface area contributed by atoms with E-state index >= 15 is 0 Å². The van der Waals surface area contributed by atoms with Crippen LogP contribution in [0, 0.1) is 13.8 Å². The first kappa shape index (κ1) is 29.2. The third-order valence-electron chi connectivity index (χ3n) is 6.55. The van der Waals surface area contributed by atoms with Gasteiger partial charge < -0.3 is 20.3 Å². The summed E-state index contributed by atoms with van der Waals surface area (Å²) in [7, 11) is 0. The first-order valence-corrected chi connectivity index (χ1v) is 13.7. The van der Waals surface area contributed by atoms with Gasteiger partial charge in [-0.25, -0.2) is 4.79 Å². The quantitative estimate of drug-likeness (QED) is 0.388. The fraction of sp³-hybridized carbons (Fsp3) is 0.516. The van der Waals surface area contributed by atoms with Crippen molar-refractivity contribution in [3.05, 3.63) is 70.8 Å². The van der Waals surface area contributed by atoms with Gasteiger partial charge in [0.1, 0.15) is 17.7 Å². The summed E-state index contributed by atoms with van der Waals surface area (Å²) in [6, 6.07) is 13.8. The highest BCUT2D eigenvalue weighted by atomic mass is 16.6. The molecule has 0 saturated heterocycles. The molecule has 0 aromatic heterocycles. The fourth-order valence-corrected chi connectivity index (χ4v) is 4.51. The molecule has 38 heavy (non-hydrogen) atoms. The lowest BCUT2D eigenvalue weighted by molar-refractivity contribution is -0.143. The summed E-state index contributed by atoms with van der Waals surface area (Å²) in [4.78, 5) is 42.6. The molecule has 3 amide bonds. The van der Waals surface area contributed by atoms with Crippen LogP contribution in [0.1, 0.15) is 81.7 Å². The van der Waals surface area contributed by atoms with Crippen LogP contribution in [0.5, 0.6) is 0 Å². The number of rotatable bonds is 11. The molecule has 2 N–H and O–H groups in total. The molecule has 3 rings (SSSR count). The third kappa shape index (κ3) is 8.33. The minimum absolute atomic E-state index is 0.0666. The predicted octanol–water partition coefficient (Wildman–Crippen LogP) is 5.39. The summed E-state index contributed by atoms with van der Waals surface area (Å²) < 4.78 is 5.50. The van der Waals surface area contributed by atoms with Gasteiger partial charge in [-0.15, -0.1) is 0 Å². The van der Waals surface area contributed by atoms with Crippen molar-refractivity contribution < 1.29 is 19.1 Å². The SMILES string of the molecule is CCCCNC(=O)C(c1cc(C)ccc1C)N(C(=O)C(Cc1ccccc1)NC(=O)OC(C)(C)C)C1CC1. The van der Waals surface area contributed by atoms with Crippen molar-refractivity contribution in [3.8, 4) is 0 Å². The van der Waals surface area contributed by atoms with Gasteiger partial charge in [0.05, 0.1) is 0 Å². The minimum atomic E-state index is -0.885. The molecule has 0 heterocycles. The van der Waals surface area contributed by atoms with Crippen LogP contribution in [0.15, 0.2) is 48.5 Å². The van der Waals surface area contributed by atoms with Crippen molar-refractivity contribution in [3.63, 3.8) is 0 Å². The number of aryl methyl sites for hydroxylation is 2. The number of alkyl carbamates (subject to hydrolysis) is 1. The molecule has 0 bridgehead atoms. The maximum absolute atomic E-state index is 14.4. The van der Waals surface area contributed by atoms with E-state index in [0.717, 1.165) is 47.9 Å². The molecule has 2 aromatic rings. The van der Waals surface area contributed by atoms with Gasteiger partial charge in [0.15, 0.2) is 0 Å². The standard InChI is InChI=1S/C31H43N3O4/c1-7-8-18-32-28(35)27(25-19-21(2)14-15-22(25)3)34(24-16-17-24)29(36)26(20-23-12-10-9-11-13-23)33-30(37)38-31(4,5)6/h9-15,19,24,26-27H,7-8,16-18,20H2,1-6H3,(H,32,35)(H,33,37). The predicted molar refractivity (Wildman–Crippen MR) is 150 cm³/mol. The summed E-state index contributed by atoms with van der Waals surface area (Å²) in [6.45, 7) is 11.9. The zero-order valence-corrected chi connectivity index (χ0v) is 23.7. The highest BCUT2D eigenvalue weighted by Crippen LogP contribution is 2.37. The van der Waals surface area contributed by atoms with Crippen LogP contribution < -0.4 is 10.6 Å². The van der Waals surface area contributed by atoms with Gasteiger partial charge in [0, 0.05) is 19.0 Å². The van der Waals surface area contributed by atoms with Crippen LogP contribution in [0.4, 0.5) is 4.79 Å². The molecular formula is C31H43N3O4. The number of nitrogens with one attached hydrogen (secondary N) is 2. The normalized spacial score (nSPS) is 14.8. The van der Waals surface area contributed by atoms with E-state index in [1.54, 1.807) is 25.7 Å². The lowest BCUT2D eigenvalue weighted by atomic mass is 9.95. The summed E-state index contributed by atoms with van der Waals surface area (Å²) in [5.74, 6) is -0.470. The Bertz CT molecular complexity index is 1110. The topological polar surface area (TPSA) is 87.7 Å². The number of carbonyl (C=O) groups excluding carboxylic acids is 3. The van der Waals surface area contributed by atoms with Gasteiger partial charge in [-0.05, 0) is 70.6 Å². The number of benzene rings is 2. The Kier molecular flexibility index (Phi) is 9.95. The Morgan fingerprint density at radius 2 is 1.74 bits per heavy atom. The van der Waals surface area contributed by atoms with E-state index in [1.165, 1.54) is 0 Å². The summed E-state index contributed by atoms with van der Waals surface area (Å²) in [5, 5.41) is 5.89. The van der Waals surface area contributed by atoms with Crippen LogP contribution in [0.3, 0.4) is 0 Å². The van der Waals surface area contributed by atoms with E-state index in [4.69, 9.17) is 4.74 Å². The highest BCUT2D eigenvalue weighted by Gasteiger charge is 2.44. The number of unbranched alkanes of at least 4 members (excludes halogenated alkanes) is 1. The number of carbonyl (C=O) groups is 3. The van der Waals surface area contributed by atoms with E-state index in [1.807, 2.05) is 62.4 Å². The lowest BCUT2D eigenvalue weighted by Gasteiger charge is -2.35. The summed E-state index contributed by atoms with van der Waals surface area (Å²) in [5.41, 5.74) is 2.99. The van der Waals surface area contributed by atoms with E-state index in [2.05, 4.69) is 17.6 Å². The first-order valence-electron chi connectivity index (χ1n) is 13.7. The van der Waals surface area contributed by atoms with Gasteiger partial charge in [-0.2, -0.15) is 0 Å². The van der Waals surface area contributed by atoms with Crippen molar-refractivity contribution in [2.45, 2.75) is 97.4 Å². The van der Waals surface area contributed by atoms with Crippen LogP contribution in [-0.4, -0.2) is 47.0 Å². The zero-order valence-electron chi connectivity index (χ0n) is 23.7. The maximum atomic E-state index is 14.4. The number of amides is 3. The largest absolute Gasteiger partial charge is 0.444 e. The molecule has 0 radical (unpaired) electrons. The van der Waals surface area contributed by atoms with Crippen molar-refractivity contribution in [1.82, 2.24) is 15.5 Å². The molecule has 2 atom stereocenters. The molecule has 7 nitrogen and oxygen atoms in total. The van der Waals surface area contributed by atoms with Crippen molar-refractivity contribution >= 4 is 17.9 Å². The third-order valence-corrected chi connectivity index (χ3v) is 6.55. The second-order valence-electron chi connectivity index (χ2n) is 11.3. The molecule has 0 spiro atoms. The van der Waals surface area contributed by atoms with Gasteiger partial charge in [0.2, 0.25) is 11.8 Å². The average Bonchev–Trinajstić information content (AvgIpc) is 3.68. The zero-order chi connectivity index (χ0) is 27.9. The lowest BCUT2D eigenvalue weighted by Crippen LogP contribution is -2.54. The second-order valence-corrected chi connectivity index (χ2v) is 11.3. The molecule has 1 aliphatic rings. The molecule has 2 aromatic carbocycles. The van der Waals surface area contributed by atoms with Crippen LogP contribution in [0.2, 0.25) is 0 Å². The van der Waals surface area contributed by atoms with Crippen molar-refractivity contribution in [2.24, 2.45) is 0 Å². The molecule has 7 heteroatoms. The molecular weight excluding hydrogens is 478 g/mol. The minimum Gasteiger partial charge on any atom is -0.444 e. The molecule has 1 fully saturated rings. The van der Waals surface area contributed by atoms with E-state index in [-0.39, 0.29) is 17.9 Å². The average molecular weight is 522 g/mol. The van der Waals surface area contributed by atoms with Gasteiger partial charge >= 0.3 is 6.09 Å². The van der Waals surface area contributed by atoms with E-state index < -0.39 is 23.8 Å². The molecule has 1 saturated carbocycles. The highest BCUT2D eigenvalue weighted by molar-refractivity contribution is 5.93. The van der Waals surface area contributed by atoms with Gasteiger partial charge in [-0.3, -0.25) is 9.59 Å². The summed E-state index contributed by atoms with van der Waals surface area (Å²) in [6.07, 6.45) is 3.09. The van der Waals surface area contributed by atoms with E-state index in [0.29, 0.717) is 13.0 Å². The van der Waals surface area contributed by atoms with E-state index in [9.17, 15) is 14.4 Å². The fourth-order valence-electron chi connectivity index (χ4n) is 4.51. The van der Waals surface area contributed by atoms with Crippen molar-refractivity contribution in [1.29, 1.82) is 0 Å². The summed E-state index contributed by atoms with van der Waals surface area (Å²) >= 11 is 0. The number of ether oxygens (including phenoxy) is 1. The van der Waals surface area contributed by atoms with Gasteiger partial charge in [0.25, 0.3) is 0 Å². The molecule has 0 aliphatic heterocycles. The Labute approximate surface area is 227 Å². The Morgan fingerprint density at radius 3 is 2.34 bits per heavy atom. The van der Waals surface area contributed by atoms with Crippen molar-refractivity contribution in [2.75, 3.05) is 6.54 Å². The van der Waals surface area contributed by atoms with Crippen LogP contribution in [0.25, 0.3) is 0 Å². The number of hydrogen-bond donors (Lipinski definition) is 2. The maximum Gasteiger partial charge on any atom is 0.408 e. The second kappa shape index (κ2) is 12.9. The molecule has 1 aliphatic carbocycles. The Balaban J connectivity index is 2.01.